The van der Waals surface area contributed by atoms with Crippen LogP contribution in [0.3, 0.4) is 0 Å². The van der Waals surface area contributed by atoms with Crippen molar-refractivity contribution in [2.45, 2.75) is 37.8 Å². The highest BCUT2D eigenvalue weighted by atomic mass is 19.1. The van der Waals surface area contributed by atoms with Gasteiger partial charge in [-0.3, -0.25) is 0 Å². The highest BCUT2D eigenvalue weighted by Crippen LogP contribution is 2.34. The number of rotatable bonds is 7. The minimum absolute atomic E-state index is 0.0611. The lowest BCUT2D eigenvalue weighted by atomic mass is 9.98. The SMILES string of the molecule is CNC(CCC1CCCO1)c1cc(OC)c(OC)cc1F. The molecule has 0 spiro atoms. The van der Waals surface area contributed by atoms with E-state index in [1.165, 1.54) is 13.2 Å². The Bertz CT molecular complexity index is 461. The Morgan fingerprint density at radius 3 is 2.62 bits per heavy atom. The van der Waals surface area contributed by atoms with Gasteiger partial charge < -0.3 is 19.5 Å². The van der Waals surface area contributed by atoms with Crippen LogP contribution >= 0.6 is 0 Å². The van der Waals surface area contributed by atoms with E-state index < -0.39 is 0 Å². The first-order chi connectivity index (χ1) is 10.2. The molecule has 1 heterocycles. The average molecular weight is 297 g/mol. The molecular weight excluding hydrogens is 273 g/mol. The van der Waals surface area contributed by atoms with Gasteiger partial charge in [-0.05, 0) is 38.8 Å². The summed E-state index contributed by atoms with van der Waals surface area (Å²) in [5.74, 6) is 0.679. The summed E-state index contributed by atoms with van der Waals surface area (Å²) in [7, 11) is 4.90. The molecule has 0 radical (unpaired) electrons. The molecule has 0 bridgehead atoms. The number of ether oxygens (including phenoxy) is 3. The van der Waals surface area contributed by atoms with Gasteiger partial charge in [0.25, 0.3) is 0 Å². The molecule has 0 amide bonds. The molecule has 1 saturated heterocycles. The summed E-state index contributed by atoms with van der Waals surface area (Å²) < 4.78 is 30.3. The predicted molar refractivity (Wildman–Crippen MR) is 79.5 cm³/mol. The van der Waals surface area contributed by atoms with Crippen molar-refractivity contribution in [1.29, 1.82) is 0 Å². The minimum atomic E-state index is -0.278. The summed E-state index contributed by atoms with van der Waals surface area (Å²) in [4.78, 5) is 0. The van der Waals surface area contributed by atoms with Gasteiger partial charge in [0.1, 0.15) is 5.82 Å². The molecule has 1 aromatic rings. The van der Waals surface area contributed by atoms with Gasteiger partial charge in [0.2, 0.25) is 0 Å². The molecule has 2 atom stereocenters. The summed E-state index contributed by atoms with van der Waals surface area (Å²) in [6.07, 6.45) is 4.29. The second-order valence-electron chi connectivity index (χ2n) is 5.28. The van der Waals surface area contributed by atoms with E-state index in [9.17, 15) is 4.39 Å². The monoisotopic (exact) mass is 297 g/mol. The fraction of sp³-hybridized carbons (Fsp3) is 0.625. The number of methoxy groups -OCH3 is 2. The summed E-state index contributed by atoms with van der Waals surface area (Å²) in [5, 5.41) is 3.18. The van der Waals surface area contributed by atoms with Crippen LogP contribution in [0.5, 0.6) is 11.5 Å². The Morgan fingerprint density at radius 2 is 2.05 bits per heavy atom. The highest BCUT2D eigenvalue weighted by Gasteiger charge is 2.21. The van der Waals surface area contributed by atoms with Crippen molar-refractivity contribution in [1.82, 2.24) is 5.32 Å². The van der Waals surface area contributed by atoms with Crippen LogP contribution in [-0.2, 0) is 4.74 Å². The van der Waals surface area contributed by atoms with E-state index in [2.05, 4.69) is 5.32 Å². The lowest BCUT2D eigenvalue weighted by molar-refractivity contribution is 0.0997. The Labute approximate surface area is 125 Å². The van der Waals surface area contributed by atoms with Crippen LogP contribution in [0.1, 0.15) is 37.3 Å². The molecule has 2 unspecified atom stereocenters. The standard InChI is InChI=1S/C16H24FNO3/c1-18-14(7-6-11-5-4-8-21-11)12-9-15(19-2)16(20-3)10-13(12)17/h9-11,14,18H,4-8H2,1-3H3. The van der Waals surface area contributed by atoms with E-state index >= 15 is 0 Å². The van der Waals surface area contributed by atoms with Crippen LogP contribution in [-0.4, -0.2) is 34.0 Å². The molecule has 1 N–H and O–H groups in total. The minimum Gasteiger partial charge on any atom is -0.493 e. The lowest BCUT2D eigenvalue weighted by Gasteiger charge is -2.20. The molecule has 5 heteroatoms. The van der Waals surface area contributed by atoms with Crippen molar-refractivity contribution in [2.24, 2.45) is 0 Å². The van der Waals surface area contributed by atoms with Crippen molar-refractivity contribution in [3.05, 3.63) is 23.5 Å². The van der Waals surface area contributed by atoms with Crippen LogP contribution < -0.4 is 14.8 Å². The van der Waals surface area contributed by atoms with E-state index in [1.54, 1.807) is 13.2 Å². The molecule has 1 fully saturated rings. The normalized spacial score (nSPS) is 19.5. The van der Waals surface area contributed by atoms with Crippen LogP contribution in [0.2, 0.25) is 0 Å². The van der Waals surface area contributed by atoms with Gasteiger partial charge in [0, 0.05) is 24.3 Å². The van der Waals surface area contributed by atoms with Gasteiger partial charge in [-0.2, -0.15) is 0 Å². The molecule has 0 saturated carbocycles. The van der Waals surface area contributed by atoms with Gasteiger partial charge in [0.05, 0.1) is 20.3 Å². The third-order valence-electron chi connectivity index (χ3n) is 4.03. The molecule has 1 aliphatic rings. The Balaban J connectivity index is 2.12. The summed E-state index contributed by atoms with van der Waals surface area (Å²) in [6.45, 7) is 0.847. The zero-order valence-electron chi connectivity index (χ0n) is 12.9. The van der Waals surface area contributed by atoms with E-state index in [4.69, 9.17) is 14.2 Å². The van der Waals surface area contributed by atoms with Crippen molar-refractivity contribution in [2.75, 3.05) is 27.9 Å². The van der Waals surface area contributed by atoms with Gasteiger partial charge >= 0.3 is 0 Å². The molecule has 0 aromatic heterocycles. The molecule has 1 aliphatic heterocycles. The molecule has 1 aromatic carbocycles. The van der Waals surface area contributed by atoms with Crippen molar-refractivity contribution >= 4 is 0 Å². The van der Waals surface area contributed by atoms with Gasteiger partial charge in [0.15, 0.2) is 11.5 Å². The molecule has 2 rings (SSSR count). The quantitative estimate of drug-likeness (QED) is 0.839. The highest BCUT2D eigenvalue weighted by molar-refractivity contribution is 5.44. The Hall–Kier alpha value is -1.33. The first kappa shape index (κ1) is 16.0. The fourth-order valence-corrected chi connectivity index (χ4v) is 2.82. The Kier molecular flexibility index (Phi) is 5.82. The molecule has 4 nitrogen and oxygen atoms in total. The van der Waals surface area contributed by atoms with E-state index in [-0.39, 0.29) is 11.9 Å². The van der Waals surface area contributed by atoms with Gasteiger partial charge in [-0.15, -0.1) is 0 Å². The van der Waals surface area contributed by atoms with Crippen molar-refractivity contribution in [3.8, 4) is 11.5 Å². The molecule has 21 heavy (non-hydrogen) atoms. The second-order valence-corrected chi connectivity index (χ2v) is 5.28. The van der Waals surface area contributed by atoms with Crippen LogP contribution in [0.4, 0.5) is 4.39 Å². The maximum absolute atomic E-state index is 14.3. The number of hydrogen-bond donors (Lipinski definition) is 1. The van der Waals surface area contributed by atoms with Crippen LogP contribution in [0, 0.1) is 5.82 Å². The predicted octanol–water partition coefficient (Wildman–Crippen LogP) is 3.06. The molecule has 118 valence electrons. The third kappa shape index (κ3) is 3.86. The average Bonchev–Trinajstić information content (AvgIpc) is 3.02. The number of nitrogens with one attached hydrogen (secondary N) is 1. The van der Waals surface area contributed by atoms with E-state index in [1.807, 2.05) is 7.05 Å². The Morgan fingerprint density at radius 1 is 1.33 bits per heavy atom. The topological polar surface area (TPSA) is 39.7 Å². The summed E-state index contributed by atoms with van der Waals surface area (Å²) >= 11 is 0. The maximum atomic E-state index is 14.3. The fourth-order valence-electron chi connectivity index (χ4n) is 2.82. The molecular formula is C16H24FNO3. The van der Waals surface area contributed by atoms with Gasteiger partial charge in [-0.1, -0.05) is 0 Å². The first-order valence-electron chi connectivity index (χ1n) is 7.39. The van der Waals surface area contributed by atoms with Crippen molar-refractivity contribution < 1.29 is 18.6 Å². The van der Waals surface area contributed by atoms with Crippen LogP contribution in [0.15, 0.2) is 12.1 Å². The summed E-state index contributed by atoms with van der Waals surface area (Å²) in [6, 6.07) is 3.03. The second kappa shape index (κ2) is 7.61. The molecule has 0 aliphatic carbocycles. The van der Waals surface area contributed by atoms with E-state index in [0.29, 0.717) is 23.2 Å². The lowest BCUT2D eigenvalue weighted by Crippen LogP contribution is -2.20. The van der Waals surface area contributed by atoms with Crippen LogP contribution in [0.25, 0.3) is 0 Å². The largest absolute Gasteiger partial charge is 0.493 e. The zero-order chi connectivity index (χ0) is 15.2. The third-order valence-corrected chi connectivity index (χ3v) is 4.03. The number of hydrogen-bond acceptors (Lipinski definition) is 4. The van der Waals surface area contributed by atoms with E-state index in [0.717, 1.165) is 32.3 Å². The van der Waals surface area contributed by atoms with Gasteiger partial charge in [-0.25, -0.2) is 4.39 Å². The maximum Gasteiger partial charge on any atom is 0.163 e. The summed E-state index contributed by atoms with van der Waals surface area (Å²) in [5.41, 5.74) is 0.605. The zero-order valence-corrected chi connectivity index (χ0v) is 12.9. The van der Waals surface area contributed by atoms with Crippen molar-refractivity contribution in [3.63, 3.8) is 0 Å². The smallest absolute Gasteiger partial charge is 0.163 e. The number of halogens is 1. The number of benzene rings is 1. The first-order valence-corrected chi connectivity index (χ1v) is 7.39.